The second kappa shape index (κ2) is 8.61. The van der Waals surface area contributed by atoms with Gasteiger partial charge >= 0.3 is 0 Å². The van der Waals surface area contributed by atoms with Crippen LogP contribution in [0.15, 0.2) is 60.7 Å². The third-order valence-electron chi connectivity index (χ3n) is 5.96. The molecule has 6 atom stereocenters. The molecule has 6 rings (SSSR count). The molecule has 3 heterocycles. The fraction of sp³-hybridized carbons (Fsp3) is 0.417. The molecule has 7 heteroatoms. The van der Waals surface area contributed by atoms with Gasteiger partial charge in [0, 0.05) is 0 Å². The zero-order valence-electron chi connectivity index (χ0n) is 17.6. The molecular formula is C24H26O7. The highest BCUT2D eigenvalue weighted by Gasteiger charge is 2.60. The maximum absolute atomic E-state index is 6.26. The Balaban J connectivity index is 1.28. The van der Waals surface area contributed by atoms with Gasteiger partial charge in [-0.25, -0.2) is 0 Å². The average Bonchev–Trinajstić information content (AvgIpc) is 2.81. The molecule has 3 aliphatic heterocycles. The van der Waals surface area contributed by atoms with Gasteiger partial charge in [0.1, 0.15) is 42.0 Å². The molecule has 2 unspecified atom stereocenters. The Bertz CT molecular complexity index is 839. The van der Waals surface area contributed by atoms with Crippen molar-refractivity contribution in [2.75, 3.05) is 14.2 Å². The molecule has 31 heavy (non-hydrogen) atoms. The molecule has 4 bridgehead atoms. The van der Waals surface area contributed by atoms with Gasteiger partial charge in [0.2, 0.25) is 0 Å². The number of ether oxygens (including phenoxy) is 7. The van der Waals surface area contributed by atoms with Gasteiger partial charge in [0.05, 0.1) is 27.4 Å². The van der Waals surface area contributed by atoms with E-state index >= 15 is 0 Å². The van der Waals surface area contributed by atoms with E-state index in [4.69, 9.17) is 33.2 Å². The van der Waals surface area contributed by atoms with Crippen LogP contribution in [0, 0.1) is 0 Å². The first-order valence-electron chi connectivity index (χ1n) is 10.3. The van der Waals surface area contributed by atoms with Crippen LogP contribution in [0.3, 0.4) is 0 Å². The Hall–Kier alpha value is -2.42. The van der Waals surface area contributed by atoms with Crippen molar-refractivity contribution in [2.45, 2.75) is 50.2 Å². The molecule has 2 aromatic rings. The molecule has 0 amide bonds. The molecule has 4 fully saturated rings. The molecule has 0 radical (unpaired) electrons. The average molecular weight is 426 g/mol. The SMILES string of the molecule is C=C1[C@H]2OC3OC([C@H]2OCc2ccc(OC)cc2)[C@H](OCc2ccc(OC)cc2)[C@H]1O3. The molecule has 0 spiro atoms. The molecule has 4 aliphatic rings. The van der Waals surface area contributed by atoms with E-state index in [1.54, 1.807) is 14.2 Å². The molecule has 0 aromatic heterocycles. The fourth-order valence-electron chi connectivity index (χ4n) is 4.26. The van der Waals surface area contributed by atoms with Crippen molar-refractivity contribution in [3.63, 3.8) is 0 Å². The zero-order valence-corrected chi connectivity index (χ0v) is 17.6. The normalized spacial score (nSPS) is 31.1. The summed E-state index contributed by atoms with van der Waals surface area (Å²) in [6.45, 7) is 4.35. The van der Waals surface area contributed by atoms with Crippen LogP contribution in [0.5, 0.6) is 11.5 Å². The standard InChI is InChI=1S/C24H26O7/c1-14-19-21(27-12-15-4-8-17(25-2)9-5-15)23-22(20(14)30-24(29-19)31-23)28-13-16-6-10-18(26-3)11-7-16/h4-11,19-24H,1,12-13H2,2-3H3/t19-,20+,21+,22-,23?,24?. The summed E-state index contributed by atoms with van der Waals surface area (Å²) in [4.78, 5) is 0. The Morgan fingerprint density at radius 1 is 0.710 bits per heavy atom. The van der Waals surface area contributed by atoms with E-state index in [9.17, 15) is 0 Å². The topological polar surface area (TPSA) is 64.6 Å². The summed E-state index contributed by atoms with van der Waals surface area (Å²) in [5, 5.41) is 0. The number of rotatable bonds is 8. The largest absolute Gasteiger partial charge is 0.497 e. The first-order valence-corrected chi connectivity index (χ1v) is 10.3. The lowest BCUT2D eigenvalue weighted by molar-refractivity contribution is -0.452. The number of hydrogen-bond acceptors (Lipinski definition) is 7. The Morgan fingerprint density at radius 3 is 1.58 bits per heavy atom. The minimum atomic E-state index is -0.702. The van der Waals surface area contributed by atoms with Crippen LogP contribution in [0.2, 0.25) is 0 Å². The highest BCUT2D eigenvalue weighted by atomic mass is 16.9. The summed E-state index contributed by atoms with van der Waals surface area (Å²) in [6.07, 6.45) is -1.51. The second-order valence-electron chi connectivity index (χ2n) is 7.83. The number of methoxy groups -OCH3 is 2. The van der Waals surface area contributed by atoms with Crippen LogP contribution in [-0.4, -0.2) is 51.2 Å². The summed E-state index contributed by atoms with van der Waals surface area (Å²) in [7, 11) is 3.29. The molecule has 164 valence electrons. The quantitative estimate of drug-likeness (QED) is 0.601. The van der Waals surface area contributed by atoms with Gasteiger partial charge < -0.3 is 33.2 Å². The van der Waals surface area contributed by atoms with E-state index in [0.717, 1.165) is 28.2 Å². The number of benzene rings is 2. The molecule has 7 nitrogen and oxygen atoms in total. The van der Waals surface area contributed by atoms with Crippen molar-refractivity contribution in [1.29, 1.82) is 0 Å². The van der Waals surface area contributed by atoms with Crippen molar-refractivity contribution in [3.8, 4) is 11.5 Å². The predicted molar refractivity (Wildman–Crippen MR) is 111 cm³/mol. The third-order valence-corrected chi connectivity index (χ3v) is 5.96. The minimum Gasteiger partial charge on any atom is -0.497 e. The summed E-state index contributed by atoms with van der Waals surface area (Å²) in [6, 6.07) is 15.6. The first-order chi connectivity index (χ1) is 15.2. The molecule has 3 saturated heterocycles. The van der Waals surface area contributed by atoms with E-state index in [-0.39, 0.29) is 30.5 Å². The lowest BCUT2D eigenvalue weighted by atomic mass is 9.81. The predicted octanol–water partition coefficient (Wildman–Crippen LogP) is 3.21. The van der Waals surface area contributed by atoms with Crippen LogP contribution in [-0.2, 0) is 36.9 Å². The Labute approximate surface area is 181 Å². The van der Waals surface area contributed by atoms with Crippen molar-refractivity contribution >= 4 is 0 Å². The van der Waals surface area contributed by atoms with Gasteiger partial charge in [-0.3, -0.25) is 0 Å². The molecule has 0 N–H and O–H groups in total. The first kappa shape index (κ1) is 20.5. The van der Waals surface area contributed by atoms with Crippen molar-refractivity contribution in [1.82, 2.24) is 0 Å². The van der Waals surface area contributed by atoms with Crippen LogP contribution in [0.1, 0.15) is 11.1 Å². The van der Waals surface area contributed by atoms with Crippen LogP contribution in [0.4, 0.5) is 0 Å². The summed E-state index contributed by atoms with van der Waals surface area (Å²) < 4.78 is 40.6. The summed E-state index contributed by atoms with van der Waals surface area (Å²) in [5.74, 6) is 1.62. The maximum atomic E-state index is 6.26. The van der Waals surface area contributed by atoms with Gasteiger partial charge in [-0.2, -0.15) is 0 Å². The van der Waals surface area contributed by atoms with Crippen LogP contribution in [0.25, 0.3) is 0 Å². The highest BCUT2D eigenvalue weighted by Crippen LogP contribution is 2.44. The van der Waals surface area contributed by atoms with Crippen molar-refractivity contribution in [3.05, 3.63) is 71.8 Å². The molecule has 1 aliphatic carbocycles. The molecular weight excluding hydrogens is 400 g/mol. The Morgan fingerprint density at radius 2 is 1.16 bits per heavy atom. The fourth-order valence-corrected chi connectivity index (χ4v) is 4.26. The summed E-state index contributed by atoms with van der Waals surface area (Å²) in [5.41, 5.74) is 2.90. The van der Waals surface area contributed by atoms with Gasteiger partial charge in [-0.05, 0) is 41.0 Å². The van der Waals surface area contributed by atoms with E-state index < -0.39 is 6.48 Å². The summed E-state index contributed by atoms with van der Waals surface area (Å²) >= 11 is 0. The number of hydrogen-bond donors (Lipinski definition) is 0. The lowest BCUT2D eigenvalue weighted by Crippen LogP contribution is -2.71. The molecule has 1 saturated carbocycles. The third kappa shape index (κ3) is 3.95. The zero-order chi connectivity index (χ0) is 21.4. The Kier molecular flexibility index (Phi) is 5.69. The lowest BCUT2D eigenvalue weighted by Gasteiger charge is -2.56. The second-order valence-corrected chi connectivity index (χ2v) is 7.83. The van der Waals surface area contributed by atoms with Gasteiger partial charge in [0.15, 0.2) is 0 Å². The van der Waals surface area contributed by atoms with Gasteiger partial charge in [-0.1, -0.05) is 30.8 Å². The van der Waals surface area contributed by atoms with E-state index in [2.05, 4.69) is 6.58 Å². The van der Waals surface area contributed by atoms with E-state index in [0.29, 0.717) is 13.2 Å². The smallest absolute Gasteiger partial charge is 0.273 e. The van der Waals surface area contributed by atoms with E-state index in [1.165, 1.54) is 0 Å². The van der Waals surface area contributed by atoms with E-state index in [1.807, 2.05) is 48.5 Å². The van der Waals surface area contributed by atoms with Gasteiger partial charge in [-0.15, -0.1) is 0 Å². The minimum absolute atomic E-state index is 0.276. The van der Waals surface area contributed by atoms with Crippen LogP contribution < -0.4 is 9.47 Å². The highest BCUT2D eigenvalue weighted by molar-refractivity contribution is 5.29. The van der Waals surface area contributed by atoms with Crippen LogP contribution >= 0.6 is 0 Å². The van der Waals surface area contributed by atoms with Gasteiger partial charge in [0.25, 0.3) is 6.48 Å². The van der Waals surface area contributed by atoms with Crippen molar-refractivity contribution < 1.29 is 33.2 Å². The monoisotopic (exact) mass is 426 g/mol. The maximum Gasteiger partial charge on any atom is 0.273 e. The molecule has 2 aromatic carbocycles. The van der Waals surface area contributed by atoms with Crippen molar-refractivity contribution in [2.24, 2.45) is 0 Å².